The molecule has 2 heterocycles. The van der Waals surface area contributed by atoms with Crippen molar-refractivity contribution in [2.24, 2.45) is 12.8 Å². The molecule has 0 unspecified atom stereocenters. The lowest BCUT2D eigenvalue weighted by molar-refractivity contribution is -0.0882. The number of nitrogens with two attached hydrogens (primary N) is 1. The van der Waals surface area contributed by atoms with Crippen LogP contribution in [0, 0.1) is 13.8 Å². The Balaban J connectivity index is 0. The molecule has 10 heteroatoms. The van der Waals surface area contributed by atoms with Crippen LogP contribution >= 0.6 is 0 Å². The monoisotopic (exact) mass is 500 g/mol. The second-order valence-corrected chi connectivity index (χ2v) is 7.16. The van der Waals surface area contributed by atoms with Crippen molar-refractivity contribution >= 4 is 12.4 Å². The number of imidazole rings is 1. The molecular formula is C25H43F3N6O. The van der Waals surface area contributed by atoms with Gasteiger partial charge in [-0.1, -0.05) is 33.8 Å². The van der Waals surface area contributed by atoms with Crippen LogP contribution < -0.4 is 11.1 Å². The highest BCUT2D eigenvalue weighted by Crippen LogP contribution is 2.28. The summed E-state index contributed by atoms with van der Waals surface area (Å²) in [7, 11) is 3.68. The average Bonchev–Trinajstić information content (AvgIpc) is 3.34. The van der Waals surface area contributed by atoms with Crippen molar-refractivity contribution in [1.82, 2.24) is 25.1 Å². The van der Waals surface area contributed by atoms with E-state index in [1.54, 1.807) is 25.5 Å². The summed E-state index contributed by atoms with van der Waals surface area (Å²) in [5.74, 6) is 0.410. The number of nitrogens with one attached hydrogen (secondary N) is 2. The fraction of sp³-hybridized carbons (Fsp3) is 0.560. The number of nitrogens with zero attached hydrogens (tertiary/aromatic N) is 3. The van der Waals surface area contributed by atoms with E-state index < -0.39 is 11.7 Å². The van der Waals surface area contributed by atoms with E-state index in [2.05, 4.69) is 34.3 Å². The van der Waals surface area contributed by atoms with Gasteiger partial charge in [-0.25, -0.2) is 4.98 Å². The van der Waals surface area contributed by atoms with Crippen LogP contribution in [-0.2, 0) is 7.05 Å². The lowest BCUT2D eigenvalue weighted by Crippen LogP contribution is -2.09. The van der Waals surface area contributed by atoms with Crippen LogP contribution in [0.3, 0.4) is 0 Å². The van der Waals surface area contributed by atoms with Gasteiger partial charge in [-0.05, 0) is 65.9 Å². The number of aromatic amines is 1. The van der Waals surface area contributed by atoms with Gasteiger partial charge >= 0.3 is 6.18 Å². The fourth-order valence-corrected chi connectivity index (χ4v) is 2.50. The summed E-state index contributed by atoms with van der Waals surface area (Å²) < 4.78 is 40.0. The van der Waals surface area contributed by atoms with Crippen LogP contribution in [0.15, 0.2) is 17.7 Å². The van der Waals surface area contributed by atoms with Gasteiger partial charge in [0, 0.05) is 18.4 Å². The Morgan fingerprint density at radius 1 is 1.20 bits per heavy atom. The molecule has 0 amide bonds. The smallest absolute Gasteiger partial charge is 0.330 e. The van der Waals surface area contributed by atoms with Crippen LogP contribution in [0.5, 0.6) is 0 Å². The lowest BCUT2D eigenvalue weighted by atomic mass is 10.2. The third kappa shape index (κ3) is 11.5. The van der Waals surface area contributed by atoms with E-state index in [-0.39, 0.29) is 0 Å². The van der Waals surface area contributed by atoms with Gasteiger partial charge in [0.2, 0.25) is 0 Å². The fourth-order valence-electron chi connectivity index (χ4n) is 2.50. The maximum Gasteiger partial charge on any atom is 0.416 e. The summed E-state index contributed by atoms with van der Waals surface area (Å²) in [6.45, 7) is 14.9. The molecule has 7 nitrogen and oxygen atoms in total. The van der Waals surface area contributed by atoms with E-state index >= 15 is 0 Å². The summed E-state index contributed by atoms with van der Waals surface area (Å²) in [6.07, 6.45) is 1.88. The van der Waals surface area contributed by atoms with Crippen LogP contribution in [-0.4, -0.2) is 52.3 Å². The van der Waals surface area contributed by atoms with Crippen LogP contribution in [0.4, 0.5) is 13.2 Å². The van der Waals surface area contributed by atoms with Crippen LogP contribution in [0.1, 0.15) is 74.9 Å². The molecule has 0 aromatic carbocycles. The first-order valence-corrected chi connectivity index (χ1v) is 11.8. The molecule has 0 spiro atoms. The predicted octanol–water partition coefficient (Wildman–Crippen LogP) is 5.76. The Morgan fingerprint density at radius 3 is 2.14 bits per heavy atom. The normalized spacial score (nSPS) is 11.2. The molecule has 0 aliphatic carbocycles. The molecule has 0 bridgehead atoms. The first-order valence-electron chi connectivity index (χ1n) is 11.8. The minimum absolute atomic E-state index is 0.370. The van der Waals surface area contributed by atoms with Gasteiger partial charge in [0.25, 0.3) is 0 Å². The molecule has 0 saturated heterocycles. The van der Waals surface area contributed by atoms with E-state index in [4.69, 9.17) is 5.73 Å². The first-order chi connectivity index (χ1) is 16.5. The molecule has 200 valence electrons. The molecule has 2 rings (SSSR count). The largest absolute Gasteiger partial charge is 0.416 e. The number of aryl methyl sites for hydroxylation is 1. The van der Waals surface area contributed by atoms with Crippen molar-refractivity contribution in [3.05, 3.63) is 40.4 Å². The van der Waals surface area contributed by atoms with Gasteiger partial charge in [0.15, 0.2) is 12.1 Å². The molecule has 4 N–H and O–H groups in total. The van der Waals surface area contributed by atoms with Crippen molar-refractivity contribution in [3.63, 3.8) is 0 Å². The number of H-pyrrole nitrogens is 1. The average molecular weight is 501 g/mol. The molecule has 0 atom stereocenters. The van der Waals surface area contributed by atoms with Gasteiger partial charge in [0.05, 0.1) is 16.8 Å². The molecule has 0 saturated carbocycles. The summed E-state index contributed by atoms with van der Waals surface area (Å²) >= 11 is 0. The summed E-state index contributed by atoms with van der Waals surface area (Å²) in [4.78, 5) is 15.5. The van der Waals surface area contributed by atoms with Crippen molar-refractivity contribution in [2.45, 2.75) is 67.5 Å². The number of aldehydes is 1. The Labute approximate surface area is 208 Å². The third-order valence-electron chi connectivity index (χ3n) is 4.59. The molecule has 0 aliphatic rings. The van der Waals surface area contributed by atoms with Crippen molar-refractivity contribution < 1.29 is 18.0 Å². The Bertz CT molecular complexity index is 907. The number of halogens is 3. The summed E-state index contributed by atoms with van der Waals surface area (Å²) in [5, 5.41) is 9.80. The zero-order chi connectivity index (χ0) is 27.6. The van der Waals surface area contributed by atoms with E-state index in [9.17, 15) is 18.0 Å². The minimum Gasteiger partial charge on any atom is -0.330 e. The Morgan fingerprint density at radius 2 is 1.77 bits per heavy atom. The number of carbonyl (C=O) groups excluding carboxylic acids is 1. The van der Waals surface area contributed by atoms with Crippen molar-refractivity contribution in [2.75, 3.05) is 20.1 Å². The second kappa shape index (κ2) is 18.6. The number of carbonyl (C=O) groups is 1. The van der Waals surface area contributed by atoms with E-state index in [1.165, 1.54) is 19.4 Å². The molecule has 0 aliphatic heterocycles. The summed E-state index contributed by atoms with van der Waals surface area (Å²) in [6, 6.07) is 0. The quantitative estimate of drug-likeness (QED) is 0.331. The standard InChI is InChI=1S/C16H17F3N4O.C4H11N.C3H9N.C2H6/c1-5-11(16(17,18)19)6-7-13-10(3)23(4)15(20-13)14-12(8-24)9(2)21-22-14;1-3-4-5-2;1-2-3-4;1-2/h5-8H,1-4H3,(H,21,22);5H,3-4H2,1-2H3;2-4H2,1H3;1-2H3/b7-6-,11-5+;;;. The minimum atomic E-state index is -4.42. The highest BCUT2D eigenvalue weighted by atomic mass is 19.4. The van der Waals surface area contributed by atoms with Gasteiger partial charge in [0.1, 0.15) is 5.69 Å². The maximum absolute atomic E-state index is 12.8. The molecule has 35 heavy (non-hydrogen) atoms. The highest BCUT2D eigenvalue weighted by molar-refractivity contribution is 5.85. The van der Waals surface area contributed by atoms with Crippen molar-refractivity contribution in [1.29, 1.82) is 0 Å². The van der Waals surface area contributed by atoms with Crippen molar-refractivity contribution in [3.8, 4) is 11.5 Å². The molecule has 0 fully saturated rings. The zero-order valence-electron chi connectivity index (χ0n) is 22.6. The predicted molar refractivity (Wildman–Crippen MR) is 139 cm³/mol. The number of hydrogen-bond acceptors (Lipinski definition) is 5. The number of alkyl halides is 3. The van der Waals surface area contributed by atoms with Gasteiger partial charge in [-0.15, -0.1) is 0 Å². The van der Waals surface area contributed by atoms with Gasteiger partial charge < -0.3 is 15.6 Å². The lowest BCUT2D eigenvalue weighted by Gasteiger charge is -2.05. The number of aromatic nitrogens is 4. The second-order valence-electron chi connectivity index (χ2n) is 7.16. The highest BCUT2D eigenvalue weighted by Gasteiger charge is 2.31. The number of rotatable bonds is 7. The number of hydrogen-bond donors (Lipinski definition) is 3. The van der Waals surface area contributed by atoms with Crippen LogP contribution in [0.2, 0.25) is 0 Å². The molecule has 0 radical (unpaired) electrons. The summed E-state index contributed by atoms with van der Waals surface area (Å²) in [5.41, 5.74) is 6.67. The molecular weight excluding hydrogens is 457 g/mol. The Hall–Kier alpha value is -2.72. The zero-order valence-corrected chi connectivity index (χ0v) is 22.6. The van der Waals surface area contributed by atoms with Crippen LogP contribution in [0.25, 0.3) is 17.6 Å². The van der Waals surface area contributed by atoms with Gasteiger partial charge in [-0.2, -0.15) is 18.3 Å². The number of allylic oxidation sites excluding steroid dienone is 3. The van der Waals surface area contributed by atoms with E-state index in [0.717, 1.165) is 31.7 Å². The van der Waals surface area contributed by atoms with E-state index in [0.29, 0.717) is 40.4 Å². The molecule has 2 aromatic rings. The molecule has 2 aromatic heterocycles. The van der Waals surface area contributed by atoms with Gasteiger partial charge in [-0.3, -0.25) is 9.89 Å². The van der Waals surface area contributed by atoms with E-state index in [1.807, 2.05) is 20.9 Å². The topological polar surface area (TPSA) is 102 Å². The first kappa shape index (κ1) is 34.4. The SMILES string of the molecule is C/C=C(\C=C/c1nc(-c2n[nH]c(C)c2C=O)n(C)c1C)C(F)(F)F.CC.CCCN.CCCNC. The maximum atomic E-state index is 12.8. The Kier molecular flexibility index (Phi) is 18.3. The third-order valence-corrected chi connectivity index (χ3v) is 4.59.